The monoisotopic (exact) mass is 553 g/mol. The third-order valence-corrected chi connectivity index (χ3v) is 7.87. The van der Waals surface area contributed by atoms with Crippen molar-refractivity contribution in [3.63, 3.8) is 0 Å². The van der Waals surface area contributed by atoms with Gasteiger partial charge in [0, 0.05) is 18.3 Å². The first-order valence-electron chi connectivity index (χ1n) is 15.7. The minimum absolute atomic E-state index is 0.156. The molecule has 0 aromatic carbocycles. The second-order valence-electron chi connectivity index (χ2n) is 12.0. The van der Waals surface area contributed by atoms with Gasteiger partial charge in [0.05, 0.1) is 26.2 Å². The molecule has 0 aliphatic heterocycles. The third kappa shape index (κ3) is 19.8. The fourth-order valence-corrected chi connectivity index (χ4v) is 5.53. The Labute approximate surface area is 238 Å². The largest absolute Gasteiger partial charge is 0.550 e. The van der Waals surface area contributed by atoms with Gasteiger partial charge in [0.1, 0.15) is 11.8 Å². The molecule has 0 aliphatic rings. The number of carboxylic acids is 3. The van der Waals surface area contributed by atoms with Crippen LogP contribution in [0, 0.1) is 17.8 Å². The average Bonchev–Trinajstić information content (AvgIpc) is 2.87. The van der Waals surface area contributed by atoms with Crippen LogP contribution in [0.4, 0.5) is 0 Å². The van der Waals surface area contributed by atoms with Crippen molar-refractivity contribution in [1.29, 1.82) is 0 Å². The van der Waals surface area contributed by atoms with Crippen LogP contribution in [0.3, 0.4) is 0 Å². The van der Waals surface area contributed by atoms with E-state index in [0.717, 1.165) is 19.3 Å². The number of hydrogen-bond donors (Lipinski definition) is 2. The number of nitrogens with zero attached hydrogens (tertiary/aromatic N) is 1. The summed E-state index contributed by atoms with van der Waals surface area (Å²) in [7, 11) is 0. The van der Waals surface area contributed by atoms with Crippen molar-refractivity contribution < 1.29 is 34.2 Å². The van der Waals surface area contributed by atoms with Crippen molar-refractivity contribution >= 4 is 17.9 Å². The molecule has 0 bridgehead atoms. The normalized spacial score (nSPS) is 15.6. The van der Waals surface area contributed by atoms with Gasteiger partial charge in [0.15, 0.2) is 0 Å². The second-order valence-corrected chi connectivity index (χ2v) is 12.0. The van der Waals surface area contributed by atoms with E-state index in [0.29, 0.717) is 6.54 Å². The van der Waals surface area contributed by atoms with E-state index >= 15 is 0 Å². The van der Waals surface area contributed by atoms with Crippen LogP contribution in [0.2, 0.25) is 0 Å². The summed E-state index contributed by atoms with van der Waals surface area (Å²) in [6, 6.07) is 0. The maximum absolute atomic E-state index is 11.6. The molecule has 0 heterocycles. The van der Waals surface area contributed by atoms with Crippen molar-refractivity contribution in [2.45, 2.75) is 130 Å². The fourth-order valence-electron chi connectivity index (χ4n) is 5.53. The van der Waals surface area contributed by atoms with Crippen molar-refractivity contribution in [2.24, 2.45) is 17.8 Å². The molecule has 3 atom stereocenters. The highest BCUT2D eigenvalue weighted by Crippen LogP contribution is 2.21. The molecule has 0 saturated carbocycles. The number of unbranched alkanes of at least 4 members (excludes halogenated alkanes) is 14. The maximum Gasteiger partial charge on any atom is 0.311 e. The third-order valence-electron chi connectivity index (χ3n) is 7.87. The van der Waals surface area contributed by atoms with Crippen LogP contribution >= 0.6 is 0 Å². The smallest absolute Gasteiger partial charge is 0.311 e. The van der Waals surface area contributed by atoms with Gasteiger partial charge in [-0.3, -0.25) is 9.59 Å². The summed E-state index contributed by atoms with van der Waals surface area (Å²) in [5.74, 6) is -5.31. The van der Waals surface area contributed by atoms with Gasteiger partial charge in [-0.2, -0.15) is 0 Å². The predicted octanol–water partition coefficient (Wildman–Crippen LogP) is 6.45. The molecule has 7 heteroatoms. The molecule has 0 radical (unpaired) electrons. The van der Waals surface area contributed by atoms with E-state index in [1.165, 1.54) is 83.5 Å². The standard InChI is InChI=1S/C32H59NO6/c1-5-6-7-8-9-10-11-12-13-14-15-16-17-18-19-20-21-22-23-33(24-27(2)30(34)35,25-28(3)31(36)37)26-29(4)32(38)39/h19-20,27-29H,5-18,21-26H2,1-4H3,(H2-,34,35,36,37,38,39)/b20-19+. The SMILES string of the molecule is CCCCCCCCCCCCCCC/C=C/CCC[N+](CC(C)C(=O)[O-])(CC(C)C(=O)O)CC(C)C(=O)O. The molecule has 7 nitrogen and oxygen atoms in total. The molecular formula is C32H59NO6. The molecular weight excluding hydrogens is 494 g/mol. The summed E-state index contributed by atoms with van der Waals surface area (Å²) < 4.78 is 0.156. The Balaban J connectivity index is 4.44. The fraction of sp³-hybridized carbons (Fsp3) is 0.844. The van der Waals surface area contributed by atoms with E-state index in [1.807, 2.05) is 0 Å². The quantitative estimate of drug-likeness (QED) is 0.0686. The average molecular weight is 554 g/mol. The first-order chi connectivity index (χ1) is 18.5. The molecule has 0 amide bonds. The molecule has 2 N–H and O–H groups in total. The number of aliphatic carboxylic acids is 3. The summed E-state index contributed by atoms with van der Waals surface area (Å²) in [4.78, 5) is 34.7. The lowest BCUT2D eigenvalue weighted by Gasteiger charge is -2.43. The lowest BCUT2D eigenvalue weighted by Crippen LogP contribution is -2.58. The van der Waals surface area contributed by atoms with E-state index in [4.69, 9.17) is 0 Å². The van der Waals surface area contributed by atoms with E-state index in [9.17, 15) is 29.7 Å². The number of rotatable bonds is 27. The Morgan fingerprint density at radius 1 is 0.615 bits per heavy atom. The molecule has 39 heavy (non-hydrogen) atoms. The highest BCUT2D eigenvalue weighted by atomic mass is 16.4. The van der Waals surface area contributed by atoms with Crippen LogP contribution in [-0.2, 0) is 14.4 Å². The van der Waals surface area contributed by atoms with Gasteiger partial charge in [0.2, 0.25) is 0 Å². The topological polar surface area (TPSA) is 115 Å². The molecule has 0 rings (SSSR count). The minimum Gasteiger partial charge on any atom is -0.550 e. The molecule has 0 aromatic rings. The van der Waals surface area contributed by atoms with Crippen LogP contribution in [0.5, 0.6) is 0 Å². The number of carbonyl (C=O) groups excluding carboxylic acids is 1. The lowest BCUT2D eigenvalue weighted by molar-refractivity contribution is -0.934. The van der Waals surface area contributed by atoms with E-state index in [1.54, 1.807) is 20.8 Å². The molecule has 0 aliphatic carbocycles. The van der Waals surface area contributed by atoms with Gasteiger partial charge in [-0.05, 0) is 33.1 Å². The highest BCUT2D eigenvalue weighted by Gasteiger charge is 2.36. The van der Waals surface area contributed by atoms with E-state index in [-0.39, 0.29) is 24.1 Å². The zero-order chi connectivity index (χ0) is 29.5. The van der Waals surface area contributed by atoms with Crippen LogP contribution in [0.15, 0.2) is 12.2 Å². The summed E-state index contributed by atoms with van der Waals surface area (Å²) in [6.45, 7) is 8.11. The Kier molecular flexibility index (Phi) is 21.8. The van der Waals surface area contributed by atoms with Crippen LogP contribution in [0.1, 0.15) is 130 Å². The van der Waals surface area contributed by atoms with Gasteiger partial charge in [0.25, 0.3) is 0 Å². The van der Waals surface area contributed by atoms with Crippen molar-refractivity contribution in [2.75, 3.05) is 26.2 Å². The van der Waals surface area contributed by atoms with Crippen molar-refractivity contribution in [3.8, 4) is 0 Å². The minimum atomic E-state index is -1.19. The van der Waals surface area contributed by atoms with E-state index in [2.05, 4.69) is 19.1 Å². The predicted molar refractivity (Wildman–Crippen MR) is 156 cm³/mol. The van der Waals surface area contributed by atoms with Crippen molar-refractivity contribution in [1.82, 2.24) is 0 Å². The first kappa shape index (κ1) is 37.1. The number of hydrogen-bond acceptors (Lipinski definition) is 4. The number of allylic oxidation sites excluding steroid dienone is 2. The second kappa shape index (κ2) is 22.9. The zero-order valence-corrected chi connectivity index (χ0v) is 25.5. The number of carboxylic acid groups (broad SMARTS) is 3. The van der Waals surface area contributed by atoms with Gasteiger partial charge in [-0.1, -0.05) is 103 Å². The van der Waals surface area contributed by atoms with Crippen molar-refractivity contribution in [3.05, 3.63) is 12.2 Å². The van der Waals surface area contributed by atoms with E-state index < -0.39 is 35.7 Å². The molecule has 0 saturated heterocycles. The van der Waals surface area contributed by atoms with Gasteiger partial charge in [-0.15, -0.1) is 0 Å². The van der Waals surface area contributed by atoms with Gasteiger partial charge < -0.3 is 24.6 Å². The molecule has 3 unspecified atom stereocenters. The Morgan fingerprint density at radius 2 is 0.974 bits per heavy atom. The maximum atomic E-state index is 11.6. The highest BCUT2D eigenvalue weighted by molar-refractivity contribution is 5.70. The summed E-state index contributed by atoms with van der Waals surface area (Å²) in [5, 5.41) is 30.5. The summed E-state index contributed by atoms with van der Waals surface area (Å²) in [5.41, 5.74) is 0. The first-order valence-corrected chi connectivity index (χ1v) is 15.7. The Bertz CT molecular complexity index is 637. The zero-order valence-electron chi connectivity index (χ0n) is 25.5. The summed E-state index contributed by atoms with van der Waals surface area (Å²) in [6.07, 6.45) is 24.4. The molecule has 0 fully saturated rings. The Hall–Kier alpha value is -1.89. The molecule has 0 spiro atoms. The molecule has 228 valence electrons. The van der Waals surface area contributed by atoms with Gasteiger partial charge in [-0.25, -0.2) is 0 Å². The number of carbonyl (C=O) groups is 3. The molecule has 0 aromatic heterocycles. The van der Waals surface area contributed by atoms with Crippen LogP contribution in [-0.4, -0.2) is 58.8 Å². The number of quaternary nitrogens is 1. The van der Waals surface area contributed by atoms with Gasteiger partial charge >= 0.3 is 11.9 Å². The Morgan fingerprint density at radius 3 is 1.36 bits per heavy atom. The lowest BCUT2D eigenvalue weighted by atomic mass is 10.0. The van der Waals surface area contributed by atoms with Crippen LogP contribution < -0.4 is 5.11 Å². The van der Waals surface area contributed by atoms with Crippen LogP contribution in [0.25, 0.3) is 0 Å². The summed E-state index contributed by atoms with van der Waals surface area (Å²) >= 11 is 0.